The van der Waals surface area contributed by atoms with E-state index in [1.807, 2.05) is 24.3 Å². The fourth-order valence-electron chi connectivity index (χ4n) is 1.68. The van der Waals surface area contributed by atoms with E-state index in [0.29, 0.717) is 23.3 Å². The maximum Gasteiger partial charge on any atom is 0.234 e. The minimum Gasteiger partial charge on any atom is -0.420 e. The Hall–Kier alpha value is -2.78. The Bertz CT molecular complexity index is 780. The molecule has 3 rings (SSSR count). The summed E-state index contributed by atoms with van der Waals surface area (Å²) >= 11 is 0. The maximum absolute atomic E-state index is 5.53. The molecular weight excluding hydrogens is 240 g/mol. The molecule has 0 fully saturated rings. The van der Waals surface area contributed by atoms with E-state index < -0.39 is 0 Å². The van der Waals surface area contributed by atoms with Gasteiger partial charge >= 0.3 is 0 Å². The molecule has 0 aromatic carbocycles. The predicted molar refractivity (Wildman–Crippen MR) is 69.8 cm³/mol. The lowest BCUT2D eigenvalue weighted by Crippen LogP contribution is -2.28. The molecule has 1 aromatic rings. The molecule has 2 aliphatic rings. The van der Waals surface area contributed by atoms with E-state index >= 15 is 0 Å². The van der Waals surface area contributed by atoms with Crippen molar-refractivity contribution in [2.75, 3.05) is 6.54 Å². The highest BCUT2D eigenvalue weighted by Gasteiger charge is 2.09. The van der Waals surface area contributed by atoms with Crippen molar-refractivity contribution in [2.24, 2.45) is 15.0 Å². The average molecular weight is 250 g/mol. The Balaban J connectivity index is 2.18. The standard InChI is InChI=1S/C14H10N4O/c1-10-18-13-12(6-4-8-15-13)17-9-11-5-2-3-7-16-14(11)19-10/h2-6,8H,1,9H2. The first kappa shape index (κ1) is 11.3. The zero-order valence-corrected chi connectivity index (χ0v) is 10.1. The van der Waals surface area contributed by atoms with Gasteiger partial charge in [-0.3, -0.25) is 4.99 Å². The summed E-state index contributed by atoms with van der Waals surface area (Å²) in [5.74, 6) is 3.39. The third-order valence-electron chi connectivity index (χ3n) is 2.54. The molecular formula is C14H10N4O. The number of nitrogens with zero attached hydrogens (tertiary/aromatic N) is 4. The van der Waals surface area contributed by atoms with Crippen LogP contribution in [0.4, 0.5) is 0 Å². The molecule has 0 atom stereocenters. The first-order chi connectivity index (χ1) is 9.33. The molecule has 0 aliphatic carbocycles. The Labute approximate surface area is 109 Å². The van der Waals surface area contributed by atoms with Crippen LogP contribution in [0.2, 0.25) is 0 Å². The number of fused-ring (bicyclic) bond motifs is 1. The Kier molecular flexibility index (Phi) is 2.88. The van der Waals surface area contributed by atoms with Crippen LogP contribution in [-0.2, 0) is 4.74 Å². The summed E-state index contributed by atoms with van der Waals surface area (Å²) in [4.78, 5) is 16.9. The minimum atomic E-state index is 0.227. The quantitative estimate of drug-likeness (QED) is 0.684. The topological polar surface area (TPSA) is 59.2 Å². The van der Waals surface area contributed by atoms with Crippen molar-refractivity contribution < 1.29 is 4.74 Å². The van der Waals surface area contributed by atoms with Crippen molar-refractivity contribution >= 4 is 5.87 Å². The molecule has 5 heteroatoms. The van der Waals surface area contributed by atoms with Crippen LogP contribution in [0.1, 0.15) is 0 Å². The van der Waals surface area contributed by atoms with Gasteiger partial charge in [-0.15, -0.1) is 0 Å². The number of hydrogen-bond acceptors (Lipinski definition) is 5. The number of pyridine rings is 1. The van der Waals surface area contributed by atoms with Crippen LogP contribution in [-0.4, -0.2) is 17.4 Å². The number of ether oxygens (including phenoxy) is 1. The number of rotatable bonds is 0. The number of hydrogen-bond donors (Lipinski definition) is 0. The molecule has 3 heterocycles. The highest BCUT2D eigenvalue weighted by atomic mass is 16.5. The van der Waals surface area contributed by atoms with Crippen molar-refractivity contribution in [1.82, 2.24) is 4.98 Å². The van der Waals surface area contributed by atoms with Crippen LogP contribution >= 0.6 is 0 Å². The van der Waals surface area contributed by atoms with Crippen LogP contribution in [0.3, 0.4) is 0 Å². The summed E-state index contributed by atoms with van der Waals surface area (Å²) < 4.78 is 5.53. The molecule has 5 nitrogen and oxygen atoms in total. The lowest BCUT2D eigenvalue weighted by atomic mass is 10.2. The van der Waals surface area contributed by atoms with Gasteiger partial charge in [0.2, 0.25) is 11.8 Å². The van der Waals surface area contributed by atoms with Crippen LogP contribution in [0, 0.1) is 0 Å². The molecule has 0 N–H and O–H groups in total. The summed E-state index contributed by atoms with van der Waals surface area (Å²) in [5, 5.41) is 0.704. The Morgan fingerprint density at radius 3 is 3.26 bits per heavy atom. The van der Waals surface area contributed by atoms with E-state index in [-0.39, 0.29) is 5.88 Å². The fraction of sp³-hybridized carbons (Fsp3) is 0.0714. The van der Waals surface area contributed by atoms with Gasteiger partial charge < -0.3 is 4.74 Å². The average Bonchev–Trinajstić information content (AvgIpc) is 2.59. The number of aliphatic imine (C=N–C) groups is 1. The number of aromatic nitrogens is 1. The second kappa shape index (κ2) is 4.84. The second-order valence-corrected chi connectivity index (χ2v) is 3.87. The predicted octanol–water partition coefficient (Wildman–Crippen LogP) is 0.830. The highest BCUT2D eigenvalue weighted by Crippen LogP contribution is 2.15. The monoisotopic (exact) mass is 250 g/mol. The minimum absolute atomic E-state index is 0.227. The van der Waals surface area contributed by atoms with Gasteiger partial charge in [-0.1, -0.05) is 12.2 Å². The van der Waals surface area contributed by atoms with Gasteiger partial charge in [0.15, 0.2) is 5.49 Å². The molecule has 0 unspecified atom stereocenters. The SMILES string of the molecule is C=C1N=c2ncccc2=NCC2=C(N=C=CC=C2)O1. The fourth-order valence-corrected chi connectivity index (χ4v) is 1.68. The zero-order valence-electron chi connectivity index (χ0n) is 10.1. The van der Waals surface area contributed by atoms with Gasteiger partial charge in [0.05, 0.1) is 6.54 Å². The molecule has 0 radical (unpaired) electrons. The van der Waals surface area contributed by atoms with E-state index in [1.54, 1.807) is 12.3 Å². The summed E-state index contributed by atoms with van der Waals surface area (Å²) in [6.45, 7) is 4.19. The summed E-state index contributed by atoms with van der Waals surface area (Å²) in [5.41, 5.74) is 1.34. The summed E-state index contributed by atoms with van der Waals surface area (Å²) in [6, 6.07) is 3.67. The van der Waals surface area contributed by atoms with Crippen LogP contribution in [0.5, 0.6) is 0 Å². The van der Waals surface area contributed by atoms with Gasteiger partial charge in [-0.25, -0.2) is 4.98 Å². The molecule has 19 heavy (non-hydrogen) atoms. The van der Waals surface area contributed by atoms with Crippen molar-refractivity contribution in [2.45, 2.75) is 0 Å². The van der Waals surface area contributed by atoms with Gasteiger partial charge in [0.1, 0.15) is 5.36 Å². The van der Waals surface area contributed by atoms with Gasteiger partial charge in [-0.05, 0) is 30.7 Å². The molecule has 2 aliphatic heterocycles. The number of allylic oxidation sites excluding steroid dienone is 2. The first-order valence-corrected chi connectivity index (χ1v) is 5.73. The summed E-state index contributed by atoms with van der Waals surface area (Å²) in [7, 11) is 0. The van der Waals surface area contributed by atoms with Crippen LogP contribution in [0.25, 0.3) is 0 Å². The molecule has 1 aromatic heterocycles. The van der Waals surface area contributed by atoms with E-state index in [9.17, 15) is 0 Å². The molecule has 0 saturated heterocycles. The first-order valence-electron chi connectivity index (χ1n) is 5.73. The third kappa shape index (κ3) is 2.41. The van der Waals surface area contributed by atoms with E-state index in [1.165, 1.54) is 0 Å². The zero-order chi connectivity index (χ0) is 13.1. The molecule has 0 saturated carbocycles. The molecule has 92 valence electrons. The largest absolute Gasteiger partial charge is 0.420 e. The normalized spacial score (nSPS) is 16.9. The molecule has 0 amide bonds. The highest BCUT2D eigenvalue weighted by molar-refractivity contribution is 5.58. The van der Waals surface area contributed by atoms with E-state index in [2.05, 4.69) is 32.4 Å². The van der Waals surface area contributed by atoms with Gasteiger partial charge in [-0.2, -0.15) is 9.98 Å². The lowest BCUT2D eigenvalue weighted by Gasteiger charge is -2.05. The van der Waals surface area contributed by atoms with Crippen molar-refractivity contribution in [3.8, 4) is 0 Å². The van der Waals surface area contributed by atoms with Gasteiger partial charge in [0.25, 0.3) is 0 Å². The van der Waals surface area contributed by atoms with E-state index in [0.717, 1.165) is 5.57 Å². The van der Waals surface area contributed by atoms with Crippen molar-refractivity contribution in [3.63, 3.8) is 0 Å². The van der Waals surface area contributed by atoms with Crippen molar-refractivity contribution in [1.29, 1.82) is 0 Å². The maximum atomic E-state index is 5.53. The smallest absolute Gasteiger partial charge is 0.234 e. The van der Waals surface area contributed by atoms with Gasteiger partial charge in [0, 0.05) is 11.8 Å². The van der Waals surface area contributed by atoms with Crippen LogP contribution in [0.15, 0.2) is 75.5 Å². The van der Waals surface area contributed by atoms with Crippen LogP contribution < -0.4 is 10.8 Å². The van der Waals surface area contributed by atoms with E-state index in [4.69, 9.17) is 4.74 Å². The summed E-state index contributed by atoms with van der Waals surface area (Å²) in [6.07, 6.45) is 7.09. The lowest BCUT2D eigenvalue weighted by molar-refractivity contribution is 0.295. The van der Waals surface area contributed by atoms with Crippen molar-refractivity contribution in [3.05, 3.63) is 71.3 Å². The second-order valence-electron chi connectivity index (χ2n) is 3.87. The molecule has 0 bridgehead atoms. The Morgan fingerprint density at radius 1 is 1.37 bits per heavy atom. The third-order valence-corrected chi connectivity index (χ3v) is 2.54. The molecule has 0 spiro atoms. The Morgan fingerprint density at radius 2 is 2.32 bits per heavy atom.